The lowest BCUT2D eigenvalue weighted by atomic mass is 10.3. The van der Waals surface area contributed by atoms with Crippen LogP contribution in [0, 0.1) is 5.82 Å². The molecule has 0 aromatic heterocycles. The largest absolute Gasteiger partial charge is 0.486 e. The zero-order valence-corrected chi connectivity index (χ0v) is 13.1. The second-order valence-electron chi connectivity index (χ2n) is 3.56. The first-order valence-corrected chi connectivity index (χ1v) is 5.47. The van der Waals surface area contributed by atoms with Gasteiger partial charge in [0.25, 0.3) is 0 Å². The summed E-state index contributed by atoms with van der Waals surface area (Å²) >= 11 is 0. The van der Waals surface area contributed by atoms with Gasteiger partial charge >= 0.3 is 0 Å². The van der Waals surface area contributed by atoms with Gasteiger partial charge in [-0.1, -0.05) is 12.1 Å². The molecule has 2 N–H and O–H groups in total. The number of hydrogen-bond acceptors (Lipinski definition) is 2. The van der Waals surface area contributed by atoms with Gasteiger partial charge in [0, 0.05) is 14.1 Å². The molecule has 0 aliphatic heterocycles. The fraction of sp³-hybridized carbons (Fsp3) is 0.417. The summed E-state index contributed by atoms with van der Waals surface area (Å²) in [5, 5.41) is 5.94. The average Bonchev–Trinajstić information content (AvgIpc) is 2.33. The molecule has 0 aliphatic carbocycles. The Morgan fingerprint density at radius 3 is 2.67 bits per heavy atom. The number of halogens is 2. The van der Waals surface area contributed by atoms with Crippen LogP contribution in [0.2, 0.25) is 0 Å². The van der Waals surface area contributed by atoms with E-state index in [0.29, 0.717) is 12.5 Å². The Balaban J connectivity index is 0.00000289. The van der Waals surface area contributed by atoms with Gasteiger partial charge in [-0.2, -0.15) is 0 Å². The van der Waals surface area contributed by atoms with E-state index < -0.39 is 0 Å². The van der Waals surface area contributed by atoms with Crippen LogP contribution >= 0.6 is 24.0 Å². The van der Waals surface area contributed by atoms with E-state index in [1.807, 2.05) is 6.92 Å². The highest BCUT2D eigenvalue weighted by atomic mass is 127. The number of aliphatic imine (C=N–C) groups is 1. The van der Waals surface area contributed by atoms with E-state index in [1.54, 1.807) is 32.3 Å². The van der Waals surface area contributed by atoms with Gasteiger partial charge in [-0.15, -0.1) is 24.0 Å². The molecule has 1 aromatic carbocycles. The van der Waals surface area contributed by atoms with Crippen LogP contribution in [0.15, 0.2) is 29.3 Å². The standard InChI is InChI=1S/C12H18FN3O.HI/c1-9(8-16-12(14-2)15-3)17-11-7-5-4-6-10(11)13;/h4-7,9H,8H2,1-3H3,(H2,14,15,16);1H. The van der Waals surface area contributed by atoms with Crippen molar-refractivity contribution in [1.29, 1.82) is 0 Å². The predicted octanol–water partition coefficient (Wildman–Crippen LogP) is 2.01. The van der Waals surface area contributed by atoms with E-state index in [4.69, 9.17) is 4.74 Å². The third kappa shape index (κ3) is 5.52. The van der Waals surface area contributed by atoms with Crippen molar-refractivity contribution < 1.29 is 9.13 Å². The molecule has 1 atom stereocenters. The normalized spacial score (nSPS) is 12.3. The highest BCUT2D eigenvalue weighted by Crippen LogP contribution is 2.16. The van der Waals surface area contributed by atoms with Gasteiger partial charge in [-0.25, -0.2) is 4.39 Å². The van der Waals surface area contributed by atoms with Gasteiger partial charge in [0.2, 0.25) is 0 Å². The second kappa shape index (κ2) is 8.96. The van der Waals surface area contributed by atoms with Crippen LogP contribution in [0.25, 0.3) is 0 Å². The molecule has 1 unspecified atom stereocenters. The molecule has 0 saturated heterocycles. The van der Waals surface area contributed by atoms with Crippen LogP contribution in [0.1, 0.15) is 6.92 Å². The first-order valence-electron chi connectivity index (χ1n) is 5.47. The van der Waals surface area contributed by atoms with E-state index in [0.717, 1.165) is 0 Å². The van der Waals surface area contributed by atoms with Crippen molar-refractivity contribution in [2.24, 2.45) is 4.99 Å². The fourth-order valence-electron chi connectivity index (χ4n) is 1.32. The summed E-state index contributed by atoms with van der Waals surface area (Å²) in [6, 6.07) is 6.36. The zero-order valence-electron chi connectivity index (χ0n) is 10.7. The van der Waals surface area contributed by atoms with E-state index in [9.17, 15) is 4.39 Å². The second-order valence-corrected chi connectivity index (χ2v) is 3.56. The van der Waals surface area contributed by atoms with Gasteiger partial charge < -0.3 is 15.4 Å². The summed E-state index contributed by atoms with van der Waals surface area (Å²) < 4.78 is 18.8. The van der Waals surface area contributed by atoms with Crippen LogP contribution in [0.4, 0.5) is 4.39 Å². The number of ether oxygens (including phenoxy) is 1. The van der Waals surface area contributed by atoms with Gasteiger partial charge in [-0.3, -0.25) is 4.99 Å². The maximum atomic E-state index is 13.3. The van der Waals surface area contributed by atoms with Crippen molar-refractivity contribution in [2.45, 2.75) is 13.0 Å². The van der Waals surface area contributed by atoms with Crippen molar-refractivity contribution >= 4 is 29.9 Å². The number of rotatable bonds is 4. The Morgan fingerprint density at radius 2 is 2.11 bits per heavy atom. The topological polar surface area (TPSA) is 45.7 Å². The zero-order chi connectivity index (χ0) is 12.7. The highest BCUT2D eigenvalue weighted by Gasteiger charge is 2.08. The Kier molecular flexibility index (Phi) is 8.43. The minimum absolute atomic E-state index is 0. The highest BCUT2D eigenvalue weighted by molar-refractivity contribution is 14.0. The molecule has 6 heteroatoms. The summed E-state index contributed by atoms with van der Waals surface area (Å²) in [4.78, 5) is 3.97. The van der Waals surface area contributed by atoms with E-state index in [1.165, 1.54) is 6.07 Å². The monoisotopic (exact) mass is 367 g/mol. The third-order valence-corrected chi connectivity index (χ3v) is 2.18. The van der Waals surface area contributed by atoms with Gasteiger partial charge in [0.15, 0.2) is 17.5 Å². The molecule has 0 radical (unpaired) electrons. The molecule has 0 fully saturated rings. The molecule has 1 rings (SSSR count). The Labute approximate surface area is 124 Å². The number of nitrogens with zero attached hydrogens (tertiary/aromatic N) is 1. The summed E-state index contributed by atoms with van der Waals surface area (Å²) in [7, 11) is 3.46. The average molecular weight is 367 g/mol. The van der Waals surface area contributed by atoms with Crippen LogP contribution < -0.4 is 15.4 Å². The van der Waals surface area contributed by atoms with Gasteiger partial charge in [-0.05, 0) is 19.1 Å². The molecule has 0 heterocycles. The molecular formula is C12H19FIN3O. The SMILES string of the molecule is CN=C(NC)NCC(C)Oc1ccccc1F.I. The van der Waals surface area contributed by atoms with Crippen LogP contribution in [0.3, 0.4) is 0 Å². The van der Waals surface area contributed by atoms with Crippen LogP contribution in [-0.2, 0) is 0 Å². The molecule has 102 valence electrons. The summed E-state index contributed by atoms with van der Waals surface area (Å²) in [5.41, 5.74) is 0. The molecule has 0 amide bonds. The van der Waals surface area contributed by atoms with Gasteiger partial charge in [0.1, 0.15) is 6.10 Å². The lowest BCUT2D eigenvalue weighted by Crippen LogP contribution is -2.40. The van der Waals surface area contributed by atoms with Crippen molar-refractivity contribution in [3.8, 4) is 5.75 Å². The van der Waals surface area contributed by atoms with E-state index in [-0.39, 0.29) is 41.6 Å². The van der Waals surface area contributed by atoms with Crippen molar-refractivity contribution in [2.75, 3.05) is 20.6 Å². The van der Waals surface area contributed by atoms with Crippen LogP contribution in [0.5, 0.6) is 5.75 Å². The van der Waals surface area contributed by atoms with Crippen LogP contribution in [-0.4, -0.2) is 32.7 Å². The number of nitrogens with one attached hydrogen (secondary N) is 2. The van der Waals surface area contributed by atoms with E-state index >= 15 is 0 Å². The Bertz CT molecular complexity index is 387. The first kappa shape index (κ1) is 16.9. The number of para-hydroxylation sites is 1. The molecular weight excluding hydrogens is 348 g/mol. The maximum Gasteiger partial charge on any atom is 0.190 e. The van der Waals surface area contributed by atoms with Crippen molar-refractivity contribution in [1.82, 2.24) is 10.6 Å². The molecule has 1 aromatic rings. The molecule has 4 nitrogen and oxygen atoms in total. The number of hydrogen-bond donors (Lipinski definition) is 2. The summed E-state index contributed by atoms with van der Waals surface area (Å²) in [5.74, 6) is 0.590. The van der Waals surface area contributed by atoms with Gasteiger partial charge in [0.05, 0.1) is 6.54 Å². The van der Waals surface area contributed by atoms with E-state index in [2.05, 4.69) is 15.6 Å². The van der Waals surface area contributed by atoms with Crippen molar-refractivity contribution in [3.05, 3.63) is 30.1 Å². The van der Waals surface area contributed by atoms with Crippen molar-refractivity contribution in [3.63, 3.8) is 0 Å². The predicted molar refractivity (Wildman–Crippen MR) is 82.3 cm³/mol. The maximum absolute atomic E-state index is 13.3. The number of benzene rings is 1. The molecule has 0 saturated carbocycles. The third-order valence-electron chi connectivity index (χ3n) is 2.18. The smallest absolute Gasteiger partial charge is 0.190 e. The minimum atomic E-state index is -0.350. The first-order chi connectivity index (χ1) is 8.17. The fourth-order valence-corrected chi connectivity index (χ4v) is 1.32. The summed E-state index contributed by atoms with van der Waals surface area (Å²) in [6.45, 7) is 2.41. The molecule has 0 aliphatic rings. The Hall–Kier alpha value is -1.05. The Morgan fingerprint density at radius 1 is 1.44 bits per heavy atom. The molecule has 0 spiro atoms. The lowest BCUT2D eigenvalue weighted by molar-refractivity contribution is 0.214. The quantitative estimate of drug-likeness (QED) is 0.486. The molecule has 0 bridgehead atoms. The summed E-state index contributed by atoms with van der Waals surface area (Å²) in [6.07, 6.45) is -0.156. The lowest BCUT2D eigenvalue weighted by Gasteiger charge is -2.17. The molecule has 18 heavy (non-hydrogen) atoms. The number of guanidine groups is 1. The minimum Gasteiger partial charge on any atom is -0.486 e.